The van der Waals surface area contributed by atoms with Crippen LogP contribution in [0.2, 0.25) is 0 Å². The van der Waals surface area contributed by atoms with E-state index in [1.54, 1.807) is 24.3 Å². The van der Waals surface area contributed by atoms with Gasteiger partial charge in [-0.05, 0) is 50.6 Å². The molecule has 30 heavy (non-hydrogen) atoms. The summed E-state index contributed by atoms with van der Waals surface area (Å²) < 4.78 is 38.3. The van der Waals surface area contributed by atoms with Crippen LogP contribution in [0.4, 0.5) is 5.69 Å². The van der Waals surface area contributed by atoms with E-state index in [1.165, 1.54) is 19.2 Å². The first-order valence-electron chi connectivity index (χ1n) is 9.40. The normalized spacial score (nSPS) is 12.0. The first kappa shape index (κ1) is 23.2. The van der Waals surface area contributed by atoms with Gasteiger partial charge in [-0.2, -0.15) is 0 Å². The molecule has 0 saturated carbocycles. The van der Waals surface area contributed by atoms with Crippen LogP contribution in [0, 0.1) is 6.92 Å². The second-order valence-corrected chi connectivity index (χ2v) is 8.44. The lowest BCUT2D eigenvalue weighted by atomic mass is 10.2. The van der Waals surface area contributed by atoms with Crippen LogP contribution in [0.25, 0.3) is 0 Å². The highest BCUT2D eigenvalue weighted by molar-refractivity contribution is 7.92. The van der Waals surface area contributed by atoms with E-state index in [2.05, 4.69) is 10.0 Å². The molecule has 0 radical (unpaired) electrons. The Morgan fingerprint density at radius 2 is 1.77 bits per heavy atom. The van der Waals surface area contributed by atoms with Crippen LogP contribution in [0.15, 0.2) is 47.4 Å². The molecule has 2 aromatic carbocycles. The van der Waals surface area contributed by atoms with Gasteiger partial charge < -0.3 is 14.8 Å². The maximum Gasteiger partial charge on any atom is 0.338 e. The van der Waals surface area contributed by atoms with E-state index in [4.69, 9.17) is 9.47 Å². The average molecular weight is 435 g/mol. The third kappa shape index (κ3) is 6.21. The van der Waals surface area contributed by atoms with Crippen molar-refractivity contribution < 1.29 is 27.5 Å². The number of sulfonamides is 1. The van der Waals surface area contributed by atoms with E-state index in [-0.39, 0.29) is 22.3 Å². The van der Waals surface area contributed by atoms with Gasteiger partial charge >= 0.3 is 5.97 Å². The van der Waals surface area contributed by atoms with Gasteiger partial charge in [0.1, 0.15) is 10.6 Å². The van der Waals surface area contributed by atoms with E-state index < -0.39 is 28.5 Å². The van der Waals surface area contributed by atoms with Gasteiger partial charge in [0.05, 0.1) is 12.7 Å². The number of aryl methyl sites for hydroxylation is 1. The molecular formula is C21H26N2O6S. The summed E-state index contributed by atoms with van der Waals surface area (Å²) >= 11 is 0. The van der Waals surface area contributed by atoms with Crippen molar-refractivity contribution in [3.63, 3.8) is 0 Å². The Morgan fingerprint density at radius 3 is 2.37 bits per heavy atom. The Hall–Kier alpha value is -3.07. The van der Waals surface area contributed by atoms with Gasteiger partial charge in [0.2, 0.25) is 0 Å². The van der Waals surface area contributed by atoms with Gasteiger partial charge in [-0.1, -0.05) is 24.6 Å². The molecule has 0 aromatic heterocycles. The van der Waals surface area contributed by atoms with Crippen LogP contribution < -0.4 is 14.8 Å². The van der Waals surface area contributed by atoms with Crippen LogP contribution in [0.5, 0.6) is 5.75 Å². The maximum absolute atomic E-state index is 12.9. The standard InChI is InChI=1S/C21H26N2O6S/c1-5-15(3)22-20(24)13-29-21(25)16-8-11-18(28-4)19(12-16)30(26,27)23-17-9-6-14(2)7-10-17/h6-12,15,23H,5,13H2,1-4H3,(H,22,24). The largest absolute Gasteiger partial charge is 0.495 e. The number of methoxy groups -OCH3 is 1. The third-order valence-electron chi connectivity index (χ3n) is 4.35. The lowest BCUT2D eigenvalue weighted by Crippen LogP contribution is -2.35. The Kier molecular flexibility index (Phi) is 7.82. The molecule has 8 nitrogen and oxygen atoms in total. The van der Waals surface area contributed by atoms with Gasteiger partial charge in [0.15, 0.2) is 6.61 Å². The average Bonchev–Trinajstić information content (AvgIpc) is 2.72. The number of anilines is 1. The molecule has 1 unspecified atom stereocenters. The molecule has 0 aliphatic heterocycles. The van der Waals surface area contributed by atoms with Gasteiger partial charge in [-0.3, -0.25) is 9.52 Å². The monoisotopic (exact) mass is 434 g/mol. The minimum atomic E-state index is -4.04. The number of hydrogen-bond donors (Lipinski definition) is 2. The molecule has 0 aliphatic carbocycles. The number of benzene rings is 2. The first-order chi connectivity index (χ1) is 14.2. The Balaban J connectivity index is 2.20. The van der Waals surface area contributed by atoms with E-state index in [9.17, 15) is 18.0 Å². The molecule has 0 bridgehead atoms. The number of hydrogen-bond acceptors (Lipinski definition) is 6. The molecule has 0 heterocycles. The smallest absolute Gasteiger partial charge is 0.338 e. The van der Waals surface area contributed by atoms with E-state index in [1.807, 2.05) is 20.8 Å². The van der Waals surface area contributed by atoms with Gasteiger partial charge in [-0.25, -0.2) is 13.2 Å². The van der Waals surface area contributed by atoms with Gasteiger partial charge in [0.25, 0.3) is 15.9 Å². The second kappa shape index (κ2) is 10.1. The van der Waals surface area contributed by atoms with Crippen molar-refractivity contribution in [1.82, 2.24) is 5.32 Å². The van der Waals surface area contributed by atoms with Crippen molar-refractivity contribution in [2.75, 3.05) is 18.4 Å². The van der Waals surface area contributed by atoms with Crippen molar-refractivity contribution in [3.8, 4) is 5.75 Å². The zero-order chi connectivity index (χ0) is 22.3. The molecule has 0 aliphatic rings. The summed E-state index contributed by atoms with van der Waals surface area (Å²) in [6, 6.07) is 10.7. The summed E-state index contributed by atoms with van der Waals surface area (Å²) in [5.74, 6) is -1.18. The van der Waals surface area contributed by atoms with Gasteiger partial charge in [-0.15, -0.1) is 0 Å². The highest BCUT2D eigenvalue weighted by Gasteiger charge is 2.23. The highest BCUT2D eigenvalue weighted by Crippen LogP contribution is 2.27. The summed E-state index contributed by atoms with van der Waals surface area (Å²) in [5.41, 5.74) is 1.34. The molecule has 2 aromatic rings. The minimum absolute atomic E-state index is 0.0172. The first-order valence-corrected chi connectivity index (χ1v) is 10.9. The molecule has 162 valence electrons. The predicted octanol–water partition coefficient (Wildman–Crippen LogP) is 2.88. The number of esters is 1. The topological polar surface area (TPSA) is 111 Å². The third-order valence-corrected chi connectivity index (χ3v) is 5.75. The van der Waals surface area contributed by atoms with Crippen molar-refractivity contribution in [2.24, 2.45) is 0 Å². The van der Waals surface area contributed by atoms with Crippen molar-refractivity contribution >= 4 is 27.6 Å². The van der Waals surface area contributed by atoms with Crippen molar-refractivity contribution in [2.45, 2.75) is 38.1 Å². The number of ether oxygens (including phenoxy) is 2. The summed E-state index contributed by atoms with van der Waals surface area (Å²) in [6.45, 7) is 5.18. The minimum Gasteiger partial charge on any atom is -0.495 e. The van der Waals surface area contributed by atoms with E-state index in [0.717, 1.165) is 18.1 Å². The quantitative estimate of drug-likeness (QED) is 0.587. The molecule has 1 amide bonds. The van der Waals surface area contributed by atoms with Crippen molar-refractivity contribution in [1.29, 1.82) is 0 Å². The molecule has 2 rings (SSSR count). The SMILES string of the molecule is CCC(C)NC(=O)COC(=O)c1ccc(OC)c(S(=O)(=O)Nc2ccc(C)cc2)c1. The van der Waals surface area contributed by atoms with Crippen LogP contribution in [0.1, 0.15) is 36.2 Å². The van der Waals surface area contributed by atoms with Crippen LogP contribution >= 0.6 is 0 Å². The molecule has 2 N–H and O–H groups in total. The fraction of sp³-hybridized carbons (Fsp3) is 0.333. The maximum atomic E-state index is 12.9. The number of nitrogens with one attached hydrogen (secondary N) is 2. The van der Waals surface area contributed by atoms with Crippen LogP contribution in [-0.2, 0) is 19.6 Å². The lowest BCUT2D eigenvalue weighted by Gasteiger charge is -2.14. The molecule has 0 saturated heterocycles. The number of carbonyl (C=O) groups is 2. The highest BCUT2D eigenvalue weighted by atomic mass is 32.2. The summed E-state index contributed by atoms with van der Waals surface area (Å²) in [6.07, 6.45) is 0.743. The molecule has 9 heteroatoms. The lowest BCUT2D eigenvalue weighted by molar-refractivity contribution is -0.124. The molecular weight excluding hydrogens is 408 g/mol. The number of amides is 1. The van der Waals surface area contributed by atoms with E-state index in [0.29, 0.717) is 5.69 Å². The van der Waals surface area contributed by atoms with Crippen LogP contribution in [-0.4, -0.2) is 40.1 Å². The fourth-order valence-electron chi connectivity index (χ4n) is 2.48. The zero-order valence-electron chi connectivity index (χ0n) is 17.4. The second-order valence-electron chi connectivity index (χ2n) is 6.79. The Bertz CT molecular complexity index is 1000. The summed E-state index contributed by atoms with van der Waals surface area (Å²) in [5, 5.41) is 2.68. The van der Waals surface area contributed by atoms with Gasteiger partial charge in [0, 0.05) is 11.7 Å². The predicted molar refractivity (Wildman–Crippen MR) is 113 cm³/mol. The molecule has 0 fully saturated rings. The van der Waals surface area contributed by atoms with Crippen molar-refractivity contribution in [3.05, 3.63) is 53.6 Å². The zero-order valence-corrected chi connectivity index (χ0v) is 18.2. The summed E-state index contributed by atoms with van der Waals surface area (Å²) in [7, 11) is -2.71. The molecule has 1 atom stereocenters. The van der Waals surface area contributed by atoms with E-state index >= 15 is 0 Å². The van der Waals surface area contributed by atoms with Crippen LogP contribution in [0.3, 0.4) is 0 Å². The fourth-order valence-corrected chi connectivity index (χ4v) is 3.73. The number of carbonyl (C=O) groups excluding carboxylic acids is 2. The number of rotatable bonds is 9. The Labute approximate surface area is 176 Å². The summed E-state index contributed by atoms with van der Waals surface area (Å²) in [4.78, 5) is 23.9. The molecule has 0 spiro atoms. The Morgan fingerprint density at radius 1 is 1.10 bits per heavy atom.